The second-order valence-corrected chi connectivity index (χ2v) is 5.10. The summed E-state index contributed by atoms with van der Waals surface area (Å²) in [5, 5.41) is 3.36. The van der Waals surface area contributed by atoms with Gasteiger partial charge in [0.25, 0.3) is 0 Å². The third-order valence-corrected chi connectivity index (χ3v) is 3.41. The fraction of sp³-hybridized carbons (Fsp3) is 0.933. The number of hydrogen-bond donors (Lipinski definition) is 1. The topological polar surface area (TPSA) is 55.3 Å². The van der Waals surface area contributed by atoms with Crippen LogP contribution >= 0.6 is 24.0 Å². The summed E-state index contributed by atoms with van der Waals surface area (Å²) in [6, 6.07) is 0. The third-order valence-electron chi connectivity index (χ3n) is 3.41. The van der Waals surface area contributed by atoms with Crippen LogP contribution in [-0.2, 0) is 14.2 Å². The molecule has 6 nitrogen and oxygen atoms in total. The molecule has 132 valence electrons. The molecule has 7 heteroatoms. The van der Waals surface area contributed by atoms with Gasteiger partial charge in [-0.15, -0.1) is 24.0 Å². The Morgan fingerprint density at radius 3 is 2.73 bits per heavy atom. The highest BCUT2D eigenvalue weighted by molar-refractivity contribution is 14.0. The monoisotopic (exact) mass is 429 g/mol. The largest absolute Gasteiger partial charge is 0.382 e. The van der Waals surface area contributed by atoms with E-state index in [0.29, 0.717) is 32.3 Å². The average Bonchev–Trinajstić information content (AvgIpc) is 2.96. The SMILES string of the molecule is CCNC(=NCCOCC)N1CCC(COCCOC)C1.I. The van der Waals surface area contributed by atoms with Gasteiger partial charge < -0.3 is 24.4 Å². The van der Waals surface area contributed by atoms with Crippen LogP contribution in [0.15, 0.2) is 4.99 Å². The van der Waals surface area contributed by atoms with E-state index in [1.165, 1.54) is 0 Å². The van der Waals surface area contributed by atoms with Crippen molar-refractivity contribution in [2.24, 2.45) is 10.9 Å². The molecule has 22 heavy (non-hydrogen) atoms. The van der Waals surface area contributed by atoms with Gasteiger partial charge in [0.1, 0.15) is 0 Å². The van der Waals surface area contributed by atoms with E-state index in [1.807, 2.05) is 6.92 Å². The molecule has 1 aliphatic rings. The molecule has 1 aliphatic heterocycles. The first-order chi connectivity index (χ1) is 10.3. The van der Waals surface area contributed by atoms with E-state index >= 15 is 0 Å². The second-order valence-electron chi connectivity index (χ2n) is 5.10. The van der Waals surface area contributed by atoms with Gasteiger partial charge in [0.15, 0.2) is 5.96 Å². The van der Waals surface area contributed by atoms with E-state index in [9.17, 15) is 0 Å². The van der Waals surface area contributed by atoms with E-state index in [1.54, 1.807) is 7.11 Å². The number of rotatable bonds is 10. The summed E-state index contributed by atoms with van der Waals surface area (Å²) in [5.74, 6) is 1.58. The molecule has 0 aliphatic carbocycles. The lowest BCUT2D eigenvalue weighted by atomic mass is 10.1. The lowest BCUT2D eigenvalue weighted by Gasteiger charge is -2.21. The Hall–Kier alpha value is -0.120. The fourth-order valence-corrected chi connectivity index (χ4v) is 2.34. The minimum Gasteiger partial charge on any atom is -0.382 e. The number of guanidine groups is 1. The zero-order valence-electron chi connectivity index (χ0n) is 14.2. The summed E-state index contributed by atoms with van der Waals surface area (Å²) in [4.78, 5) is 6.94. The highest BCUT2D eigenvalue weighted by Gasteiger charge is 2.24. The van der Waals surface area contributed by atoms with Gasteiger partial charge in [-0.25, -0.2) is 0 Å². The van der Waals surface area contributed by atoms with Gasteiger partial charge in [-0.3, -0.25) is 4.99 Å². The van der Waals surface area contributed by atoms with Crippen LogP contribution in [0.1, 0.15) is 20.3 Å². The van der Waals surface area contributed by atoms with Crippen molar-refractivity contribution in [3.8, 4) is 0 Å². The molecule has 1 unspecified atom stereocenters. The molecule has 0 amide bonds. The van der Waals surface area contributed by atoms with Crippen LogP contribution in [0.25, 0.3) is 0 Å². The Labute approximate surface area is 152 Å². The Morgan fingerprint density at radius 2 is 2.05 bits per heavy atom. The van der Waals surface area contributed by atoms with Crippen molar-refractivity contribution >= 4 is 29.9 Å². The fourth-order valence-electron chi connectivity index (χ4n) is 2.34. The zero-order chi connectivity index (χ0) is 15.3. The molecule has 0 aromatic heterocycles. The van der Waals surface area contributed by atoms with Crippen LogP contribution < -0.4 is 5.32 Å². The molecule has 1 N–H and O–H groups in total. The Morgan fingerprint density at radius 1 is 1.23 bits per heavy atom. The summed E-state index contributed by atoms with van der Waals surface area (Å²) in [7, 11) is 1.70. The molecule has 0 spiro atoms. The van der Waals surface area contributed by atoms with E-state index in [-0.39, 0.29) is 24.0 Å². The van der Waals surface area contributed by atoms with Gasteiger partial charge in [0.2, 0.25) is 0 Å². The van der Waals surface area contributed by atoms with Gasteiger partial charge >= 0.3 is 0 Å². The average molecular weight is 429 g/mol. The molecule has 1 fully saturated rings. The lowest BCUT2D eigenvalue weighted by molar-refractivity contribution is 0.0536. The first kappa shape index (κ1) is 21.9. The van der Waals surface area contributed by atoms with Gasteiger partial charge in [-0.1, -0.05) is 0 Å². The number of ether oxygens (including phenoxy) is 3. The quantitative estimate of drug-likeness (QED) is 0.248. The first-order valence-corrected chi connectivity index (χ1v) is 7.99. The zero-order valence-corrected chi connectivity index (χ0v) is 16.5. The molecular weight excluding hydrogens is 397 g/mol. The van der Waals surface area contributed by atoms with Crippen molar-refractivity contribution < 1.29 is 14.2 Å². The van der Waals surface area contributed by atoms with Crippen LogP contribution in [-0.4, -0.2) is 77.2 Å². The highest BCUT2D eigenvalue weighted by atomic mass is 127. The summed E-state index contributed by atoms with van der Waals surface area (Å²) in [6.45, 7) is 11.3. The number of nitrogens with zero attached hydrogens (tertiary/aromatic N) is 2. The van der Waals surface area contributed by atoms with E-state index < -0.39 is 0 Å². The maximum Gasteiger partial charge on any atom is 0.194 e. The molecule has 0 radical (unpaired) electrons. The van der Waals surface area contributed by atoms with Crippen molar-refractivity contribution in [3.05, 3.63) is 0 Å². The molecule has 0 aromatic rings. The highest BCUT2D eigenvalue weighted by Crippen LogP contribution is 2.16. The number of aliphatic imine (C=N–C) groups is 1. The maximum absolute atomic E-state index is 5.63. The molecule has 1 atom stereocenters. The van der Waals surface area contributed by atoms with Gasteiger partial charge in [-0.2, -0.15) is 0 Å². The van der Waals surface area contributed by atoms with Crippen molar-refractivity contribution in [2.45, 2.75) is 20.3 Å². The van der Waals surface area contributed by atoms with Gasteiger partial charge in [0.05, 0.1) is 33.0 Å². The van der Waals surface area contributed by atoms with E-state index in [0.717, 1.165) is 45.2 Å². The third kappa shape index (κ3) is 9.12. The van der Waals surface area contributed by atoms with Crippen molar-refractivity contribution in [1.82, 2.24) is 10.2 Å². The number of methoxy groups -OCH3 is 1. The lowest BCUT2D eigenvalue weighted by Crippen LogP contribution is -2.40. The van der Waals surface area contributed by atoms with Crippen molar-refractivity contribution in [2.75, 3.05) is 66.3 Å². The van der Waals surface area contributed by atoms with Crippen LogP contribution in [0.4, 0.5) is 0 Å². The number of hydrogen-bond acceptors (Lipinski definition) is 4. The molecule has 0 bridgehead atoms. The molecule has 1 saturated heterocycles. The Bertz CT molecular complexity index is 293. The summed E-state index contributed by atoms with van der Waals surface area (Å²) in [5.41, 5.74) is 0. The van der Waals surface area contributed by atoms with E-state index in [4.69, 9.17) is 14.2 Å². The second kappa shape index (κ2) is 14.5. The predicted octanol–water partition coefficient (Wildman–Crippen LogP) is 1.59. The van der Waals surface area contributed by atoms with Crippen molar-refractivity contribution in [1.29, 1.82) is 0 Å². The van der Waals surface area contributed by atoms with Gasteiger partial charge in [0, 0.05) is 39.3 Å². The first-order valence-electron chi connectivity index (χ1n) is 7.99. The maximum atomic E-state index is 5.63. The normalized spacial score (nSPS) is 18.4. The Kier molecular flexibility index (Phi) is 14.4. The minimum atomic E-state index is 0. The standard InChI is InChI=1S/C15H31N3O3.HI/c1-4-16-15(17-7-9-20-5-2)18-8-6-14(12-18)13-21-11-10-19-3;/h14H,4-13H2,1-3H3,(H,16,17);1H. The van der Waals surface area contributed by atoms with Crippen LogP contribution in [0.3, 0.4) is 0 Å². The minimum absolute atomic E-state index is 0. The Balaban J connectivity index is 0.00000441. The number of halogens is 1. The van der Waals surface area contributed by atoms with Crippen molar-refractivity contribution in [3.63, 3.8) is 0 Å². The summed E-state index contributed by atoms with van der Waals surface area (Å²) in [6.07, 6.45) is 1.16. The van der Waals surface area contributed by atoms with Crippen LogP contribution in [0.2, 0.25) is 0 Å². The number of likely N-dealkylation sites (tertiary alicyclic amines) is 1. The van der Waals surface area contributed by atoms with Crippen LogP contribution in [0.5, 0.6) is 0 Å². The van der Waals surface area contributed by atoms with E-state index in [2.05, 4.69) is 22.1 Å². The van der Waals surface area contributed by atoms with Crippen LogP contribution in [0, 0.1) is 5.92 Å². The summed E-state index contributed by atoms with van der Waals surface area (Å²) >= 11 is 0. The molecule has 1 rings (SSSR count). The molecular formula is C15H32IN3O3. The predicted molar refractivity (Wildman–Crippen MR) is 100 cm³/mol. The molecule has 1 heterocycles. The summed E-state index contributed by atoms with van der Waals surface area (Å²) < 4.78 is 15.9. The van der Waals surface area contributed by atoms with Gasteiger partial charge in [-0.05, 0) is 20.3 Å². The smallest absolute Gasteiger partial charge is 0.194 e. The molecule has 0 aromatic carbocycles. The number of nitrogens with one attached hydrogen (secondary N) is 1. The molecule has 0 saturated carbocycles.